The zero-order chi connectivity index (χ0) is 35.8. The SMILES string of the molecule is [2H]c1c([2H])c2c([2H])c([2H])c3c([2H])c4c(c5c([2H])c([2H])c(c1[2H])c2c35)[C@H](Nc1nc2c(ncn2[C@H]2C[C@H](O)[C@@H](CO)O2)c(=O)[nH]1)[C@H](O)[C@H](O)[C@H]4O. The molecule has 1 fully saturated rings. The fourth-order valence-corrected chi connectivity index (χ4v) is 6.07. The second kappa shape index (κ2) is 9.16. The van der Waals surface area contributed by atoms with Crippen LogP contribution >= 0.6 is 0 Å². The highest BCUT2D eigenvalue weighted by molar-refractivity contribution is 6.24. The van der Waals surface area contributed by atoms with Gasteiger partial charge in [-0.2, -0.15) is 4.98 Å². The molecule has 2 aliphatic rings. The van der Waals surface area contributed by atoms with Gasteiger partial charge in [0.2, 0.25) is 5.95 Å². The standard InChI is InChI=1S/C30H27N5O7/c36-10-18-17(37)9-19(42-18)35-11-31-24-28(35)33-30(34-29(24)41)32-23-22-15-7-6-13-3-1-2-12-4-5-14(21(15)20(12)13)8-16(22)25(38)27(40)26(23)39/h1-8,11,17-19,23,25-27,36-40H,9-10H2,(H2,32,33,34,41)/t17-,18+,19+,23-,25-,26-,27+/m0/s1/i1D,2D,3D,4D,5D,6D,7D,8D. The van der Waals surface area contributed by atoms with Gasteiger partial charge in [0.05, 0.1) is 36.0 Å². The van der Waals surface area contributed by atoms with Gasteiger partial charge >= 0.3 is 0 Å². The molecule has 12 nitrogen and oxygen atoms in total. The first-order chi connectivity index (χ1) is 23.7. The van der Waals surface area contributed by atoms with Gasteiger partial charge in [-0.25, -0.2) is 4.98 Å². The van der Waals surface area contributed by atoms with Crippen LogP contribution in [0.4, 0.5) is 5.95 Å². The predicted molar refractivity (Wildman–Crippen MR) is 153 cm³/mol. The van der Waals surface area contributed by atoms with Crippen LogP contribution < -0.4 is 10.9 Å². The Labute approximate surface area is 248 Å². The molecule has 6 aromatic rings. The van der Waals surface area contributed by atoms with Crippen molar-refractivity contribution in [3.05, 3.63) is 76.1 Å². The van der Waals surface area contributed by atoms with Gasteiger partial charge in [-0.05, 0) is 49.5 Å². The van der Waals surface area contributed by atoms with Crippen molar-refractivity contribution in [1.29, 1.82) is 0 Å². The molecule has 0 unspecified atom stereocenters. The van der Waals surface area contributed by atoms with E-state index in [4.69, 9.17) is 15.7 Å². The summed E-state index contributed by atoms with van der Waals surface area (Å²) in [7, 11) is 0. The molecular weight excluding hydrogens is 542 g/mol. The summed E-state index contributed by atoms with van der Waals surface area (Å²) in [6.07, 6.45) is -7.27. The average molecular weight is 578 g/mol. The molecule has 8 rings (SSSR count). The number of anilines is 1. The van der Waals surface area contributed by atoms with Crippen LogP contribution in [0.1, 0.15) is 46.9 Å². The van der Waals surface area contributed by atoms with Crippen LogP contribution in [0.3, 0.4) is 0 Å². The van der Waals surface area contributed by atoms with E-state index in [1.807, 2.05) is 0 Å². The maximum absolute atomic E-state index is 13.2. The number of aliphatic hydroxyl groups excluding tert-OH is 5. The lowest BCUT2D eigenvalue weighted by molar-refractivity contribution is -0.0767. The van der Waals surface area contributed by atoms with E-state index in [1.54, 1.807) is 0 Å². The smallest absolute Gasteiger partial charge is 0.280 e. The molecule has 42 heavy (non-hydrogen) atoms. The number of nitrogens with zero attached hydrogens (tertiary/aromatic N) is 3. The number of aliphatic hydroxyl groups is 5. The summed E-state index contributed by atoms with van der Waals surface area (Å²) in [5.74, 6) is -0.301. The lowest BCUT2D eigenvalue weighted by atomic mass is 9.77. The molecule has 0 bridgehead atoms. The van der Waals surface area contributed by atoms with Crippen molar-refractivity contribution in [2.45, 2.75) is 49.2 Å². The maximum atomic E-state index is 13.2. The molecule has 1 aliphatic heterocycles. The van der Waals surface area contributed by atoms with Gasteiger partial charge in [0.1, 0.15) is 30.6 Å². The summed E-state index contributed by atoms with van der Waals surface area (Å²) in [6.45, 7) is -0.460. The summed E-state index contributed by atoms with van der Waals surface area (Å²) < 4.78 is 77.2. The molecule has 7 atom stereocenters. The van der Waals surface area contributed by atoms with Gasteiger partial charge in [-0.15, -0.1) is 0 Å². The van der Waals surface area contributed by atoms with Crippen molar-refractivity contribution in [3.63, 3.8) is 0 Å². The summed E-state index contributed by atoms with van der Waals surface area (Å²) in [5.41, 5.74) is -1.38. The van der Waals surface area contributed by atoms with E-state index in [2.05, 4.69) is 20.3 Å². The first-order valence-corrected chi connectivity index (χ1v) is 13.1. The zero-order valence-corrected chi connectivity index (χ0v) is 21.4. The van der Waals surface area contributed by atoms with Crippen LogP contribution in [0.5, 0.6) is 0 Å². The van der Waals surface area contributed by atoms with E-state index >= 15 is 0 Å². The Balaban J connectivity index is 1.41. The highest BCUT2D eigenvalue weighted by Crippen LogP contribution is 2.46. The second-order valence-electron chi connectivity index (χ2n) is 10.5. The highest BCUT2D eigenvalue weighted by Gasteiger charge is 2.42. The van der Waals surface area contributed by atoms with Crippen molar-refractivity contribution in [1.82, 2.24) is 19.5 Å². The summed E-state index contributed by atoms with van der Waals surface area (Å²) >= 11 is 0. The normalized spacial score (nSPS) is 30.5. The Morgan fingerprint density at radius 2 is 1.81 bits per heavy atom. The minimum atomic E-state index is -1.96. The molecule has 3 heterocycles. The maximum Gasteiger partial charge on any atom is 0.280 e. The molecule has 4 aromatic carbocycles. The van der Waals surface area contributed by atoms with E-state index < -0.39 is 103 Å². The number of nitrogens with one attached hydrogen (secondary N) is 2. The van der Waals surface area contributed by atoms with Gasteiger partial charge in [0, 0.05) is 6.42 Å². The second-order valence-corrected chi connectivity index (χ2v) is 10.5. The number of fused-ring (bicyclic) bond motifs is 3. The third kappa shape index (κ3) is 3.54. The Bertz CT molecular complexity index is 2470. The van der Waals surface area contributed by atoms with Crippen LogP contribution in [0.25, 0.3) is 43.5 Å². The first kappa shape index (κ1) is 18.4. The van der Waals surface area contributed by atoms with Crippen molar-refractivity contribution in [3.8, 4) is 0 Å². The molecule has 0 saturated carbocycles. The zero-order valence-electron chi connectivity index (χ0n) is 29.4. The summed E-state index contributed by atoms with van der Waals surface area (Å²) in [6, 6.07) is -6.14. The van der Waals surface area contributed by atoms with Crippen LogP contribution in [0.2, 0.25) is 0 Å². The molecule has 1 aliphatic carbocycles. The number of benzene rings is 4. The summed E-state index contributed by atoms with van der Waals surface area (Å²) in [5, 5.41) is 55.3. The minimum Gasteiger partial charge on any atom is -0.394 e. The Morgan fingerprint density at radius 1 is 1.05 bits per heavy atom. The van der Waals surface area contributed by atoms with E-state index in [0.717, 1.165) is 0 Å². The van der Waals surface area contributed by atoms with Crippen molar-refractivity contribution in [2.75, 3.05) is 11.9 Å². The van der Waals surface area contributed by atoms with Gasteiger partial charge in [-0.1, -0.05) is 42.3 Å². The topological polar surface area (TPSA) is 186 Å². The lowest BCUT2D eigenvalue weighted by Gasteiger charge is -2.38. The fourth-order valence-electron chi connectivity index (χ4n) is 6.07. The Morgan fingerprint density at radius 3 is 2.57 bits per heavy atom. The first-order valence-electron chi connectivity index (χ1n) is 17.1. The Hall–Kier alpha value is -4.17. The number of hydrogen-bond acceptors (Lipinski definition) is 10. The number of aromatic amines is 1. The lowest BCUT2D eigenvalue weighted by Crippen LogP contribution is -2.44. The molecule has 1 saturated heterocycles. The predicted octanol–water partition coefficient (Wildman–Crippen LogP) is 1.58. The number of aromatic nitrogens is 4. The number of imidazole rings is 1. The van der Waals surface area contributed by atoms with Crippen LogP contribution in [0, 0.1) is 0 Å². The van der Waals surface area contributed by atoms with E-state index in [0.29, 0.717) is 0 Å². The number of H-pyrrole nitrogens is 1. The molecule has 0 radical (unpaired) electrons. The van der Waals surface area contributed by atoms with Crippen LogP contribution in [0.15, 0.2) is 59.5 Å². The van der Waals surface area contributed by atoms with E-state index in [9.17, 15) is 30.3 Å². The van der Waals surface area contributed by atoms with Gasteiger partial charge < -0.3 is 35.6 Å². The Kier molecular flexibility index (Phi) is 4.01. The third-order valence-electron chi connectivity index (χ3n) is 8.11. The highest BCUT2D eigenvalue weighted by atomic mass is 16.5. The molecule has 7 N–H and O–H groups in total. The van der Waals surface area contributed by atoms with Crippen molar-refractivity contribution >= 4 is 49.4 Å². The van der Waals surface area contributed by atoms with Gasteiger partial charge in [0.25, 0.3) is 5.56 Å². The van der Waals surface area contributed by atoms with Crippen molar-refractivity contribution in [2.24, 2.45) is 0 Å². The number of rotatable bonds is 4. The van der Waals surface area contributed by atoms with Gasteiger partial charge in [-0.3, -0.25) is 14.3 Å². The molecule has 2 aromatic heterocycles. The van der Waals surface area contributed by atoms with Crippen molar-refractivity contribution < 1.29 is 41.2 Å². The molecule has 214 valence electrons. The van der Waals surface area contributed by atoms with E-state index in [1.165, 1.54) is 10.9 Å². The average Bonchev–Trinajstić information content (AvgIpc) is 3.68. The van der Waals surface area contributed by atoms with Crippen LogP contribution in [-0.2, 0) is 4.74 Å². The molecule has 0 spiro atoms. The number of ether oxygens (including phenoxy) is 1. The summed E-state index contributed by atoms with van der Waals surface area (Å²) in [4.78, 5) is 24.2. The minimum absolute atomic E-state index is 0.0247. The molecule has 0 amide bonds. The quantitative estimate of drug-likeness (QED) is 0.152. The molecule has 12 heteroatoms. The number of hydrogen-bond donors (Lipinski definition) is 7. The largest absolute Gasteiger partial charge is 0.394 e. The monoisotopic (exact) mass is 577 g/mol. The third-order valence-corrected chi connectivity index (χ3v) is 8.11. The fraction of sp³-hybridized carbons (Fsp3) is 0.300. The van der Waals surface area contributed by atoms with Gasteiger partial charge in [0.15, 0.2) is 11.2 Å². The molecular formula is C30H27N5O7. The van der Waals surface area contributed by atoms with Crippen LogP contribution in [-0.4, -0.2) is 76.1 Å². The van der Waals surface area contributed by atoms with E-state index in [-0.39, 0.29) is 67.0 Å².